The first-order valence-corrected chi connectivity index (χ1v) is 4.94. The molecule has 0 spiro atoms. The number of rotatable bonds is 7. The third-order valence-corrected chi connectivity index (χ3v) is 1.83. The van der Waals surface area contributed by atoms with Gasteiger partial charge < -0.3 is 9.84 Å². The molecule has 0 aromatic rings. The first kappa shape index (κ1) is 14.7. The zero-order valence-electron chi connectivity index (χ0n) is 9.05. The lowest BCUT2D eigenvalue weighted by Crippen LogP contribution is -2.40. The number of likely N-dealkylation sites (N-methyl/N-ethyl adjacent to an activating group) is 1. The number of aliphatic hydroxyl groups is 1. The molecule has 1 atom stereocenters. The highest BCUT2D eigenvalue weighted by Gasteiger charge is 2.30. The van der Waals surface area contributed by atoms with E-state index >= 15 is 0 Å². The lowest BCUT2D eigenvalue weighted by atomic mass is 10.3. The van der Waals surface area contributed by atoms with Crippen LogP contribution in [0.2, 0.25) is 0 Å². The molecule has 0 aromatic heterocycles. The Morgan fingerprint density at radius 2 is 1.93 bits per heavy atom. The molecule has 0 saturated heterocycles. The van der Waals surface area contributed by atoms with Crippen LogP contribution in [0.1, 0.15) is 13.8 Å². The number of aliphatic hydroxyl groups excluding tert-OH is 1. The van der Waals surface area contributed by atoms with Crippen LogP contribution < -0.4 is 0 Å². The van der Waals surface area contributed by atoms with Crippen LogP contribution in [0.5, 0.6) is 0 Å². The third-order valence-electron chi connectivity index (χ3n) is 1.83. The van der Waals surface area contributed by atoms with Gasteiger partial charge in [0.05, 0.1) is 19.3 Å². The molecule has 0 heterocycles. The van der Waals surface area contributed by atoms with E-state index in [1.165, 1.54) is 0 Å². The number of nitrogens with zero attached hydrogens (tertiary/aromatic N) is 1. The second-order valence-corrected chi connectivity index (χ2v) is 3.26. The van der Waals surface area contributed by atoms with Crippen LogP contribution in [0.15, 0.2) is 0 Å². The highest BCUT2D eigenvalue weighted by molar-refractivity contribution is 4.66. The lowest BCUT2D eigenvalue weighted by molar-refractivity contribution is -0.148. The molecule has 0 bridgehead atoms. The molecule has 6 heteroatoms. The van der Waals surface area contributed by atoms with Gasteiger partial charge in [-0.2, -0.15) is 13.2 Å². The highest BCUT2D eigenvalue weighted by Crippen LogP contribution is 2.16. The fourth-order valence-corrected chi connectivity index (χ4v) is 1.16. The Hall–Kier alpha value is -0.330. The smallest absolute Gasteiger partial charge is 0.389 e. The van der Waals surface area contributed by atoms with Gasteiger partial charge in [-0.3, -0.25) is 4.90 Å². The summed E-state index contributed by atoms with van der Waals surface area (Å²) in [6, 6.07) is 0. The van der Waals surface area contributed by atoms with Gasteiger partial charge in [-0.15, -0.1) is 0 Å². The number of ether oxygens (including phenoxy) is 1. The van der Waals surface area contributed by atoms with Crippen LogP contribution in [0.3, 0.4) is 0 Å². The molecule has 3 nitrogen and oxygen atoms in total. The predicted octanol–water partition coefficient (Wildman–Crippen LogP) is 1.27. The summed E-state index contributed by atoms with van der Waals surface area (Å²) in [7, 11) is 0. The van der Waals surface area contributed by atoms with E-state index in [-0.39, 0.29) is 19.7 Å². The molecular weight excluding hydrogens is 211 g/mol. The van der Waals surface area contributed by atoms with E-state index in [9.17, 15) is 18.3 Å². The maximum atomic E-state index is 12.0. The zero-order valence-corrected chi connectivity index (χ0v) is 9.05. The van der Waals surface area contributed by atoms with Gasteiger partial charge in [0.2, 0.25) is 0 Å². The van der Waals surface area contributed by atoms with Gasteiger partial charge in [-0.1, -0.05) is 6.92 Å². The molecule has 0 fully saturated rings. The summed E-state index contributed by atoms with van der Waals surface area (Å²) in [5, 5.41) is 9.34. The molecule has 1 N–H and O–H groups in total. The molecule has 92 valence electrons. The van der Waals surface area contributed by atoms with Crippen molar-refractivity contribution in [3.05, 3.63) is 0 Å². The number of alkyl halides is 3. The van der Waals surface area contributed by atoms with Crippen molar-refractivity contribution in [1.29, 1.82) is 0 Å². The Bertz CT molecular complexity index is 164. The Morgan fingerprint density at radius 1 is 1.33 bits per heavy atom. The Kier molecular flexibility index (Phi) is 6.87. The maximum Gasteiger partial charge on any atom is 0.401 e. The minimum Gasteiger partial charge on any atom is -0.389 e. The van der Waals surface area contributed by atoms with Crippen molar-refractivity contribution in [2.24, 2.45) is 0 Å². The second kappa shape index (κ2) is 7.03. The molecular formula is C9H18F3NO2. The monoisotopic (exact) mass is 229 g/mol. The van der Waals surface area contributed by atoms with E-state index < -0.39 is 18.8 Å². The highest BCUT2D eigenvalue weighted by atomic mass is 19.4. The molecule has 15 heavy (non-hydrogen) atoms. The third kappa shape index (κ3) is 8.65. The number of halogens is 3. The average molecular weight is 229 g/mol. The van der Waals surface area contributed by atoms with Crippen molar-refractivity contribution in [2.45, 2.75) is 26.1 Å². The Morgan fingerprint density at radius 3 is 2.33 bits per heavy atom. The van der Waals surface area contributed by atoms with Crippen molar-refractivity contribution in [3.63, 3.8) is 0 Å². The number of hydrogen-bond donors (Lipinski definition) is 1. The fraction of sp³-hybridized carbons (Fsp3) is 1.00. The van der Waals surface area contributed by atoms with E-state index in [0.717, 1.165) is 4.90 Å². The van der Waals surface area contributed by atoms with Crippen LogP contribution in [0.25, 0.3) is 0 Å². The van der Waals surface area contributed by atoms with E-state index in [2.05, 4.69) is 0 Å². The largest absolute Gasteiger partial charge is 0.401 e. The summed E-state index contributed by atoms with van der Waals surface area (Å²) < 4.78 is 41.0. The van der Waals surface area contributed by atoms with Gasteiger partial charge in [0, 0.05) is 13.2 Å². The molecule has 0 rings (SSSR count). The van der Waals surface area contributed by atoms with E-state index in [1.54, 1.807) is 13.8 Å². The summed E-state index contributed by atoms with van der Waals surface area (Å²) in [5.74, 6) is 0. The van der Waals surface area contributed by atoms with Crippen molar-refractivity contribution in [3.8, 4) is 0 Å². The van der Waals surface area contributed by atoms with Crippen molar-refractivity contribution in [1.82, 2.24) is 4.90 Å². The average Bonchev–Trinajstić information content (AvgIpc) is 2.11. The molecule has 0 radical (unpaired) electrons. The minimum atomic E-state index is -4.22. The van der Waals surface area contributed by atoms with Gasteiger partial charge in [0.1, 0.15) is 0 Å². The van der Waals surface area contributed by atoms with Gasteiger partial charge in [0.15, 0.2) is 0 Å². The van der Waals surface area contributed by atoms with E-state index in [1.807, 2.05) is 0 Å². The molecule has 0 aliphatic rings. The molecule has 0 amide bonds. The normalized spacial score (nSPS) is 14.6. The molecule has 0 aromatic carbocycles. The summed E-state index contributed by atoms with van der Waals surface area (Å²) in [4.78, 5) is 1.14. The van der Waals surface area contributed by atoms with Crippen molar-refractivity contribution in [2.75, 3.05) is 32.8 Å². The van der Waals surface area contributed by atoms with Crippen molar-refractivity contribution < 1.29 is 23.0 Å². The molecule has 0 saturated carbocycles. The Labute approximate surface area is 87.8 Å². The molecule has 0 aliphatic heterocycles. The van der Waals surface area contributed by atoms with Crippen molar-refractivity contribution >= 4 is 0 Å². The van der Waals surface area contributed by atoms with E-state index in [0.29, 0.717) is 6.61 Å². The first-order chi connectivity index (χ1) is 6.89. The Balaban J connectivity index is 3.87. The minimum absolute atomic E-state index is 0.0178. The summed E-state index contributed by atoms with van der Waals surface area (Å²) in [6.07, 6.45) is -5.09. The van der Waals surface area contributed by atoms with Gasteiger partial charge in [-0.25, -0.2) is 0 Å². The van der Waals surface area contributed by atoms with Gasteiger partial charge >= 0.3 is 6.18 Å². The lowest BCUT2D eigenvalue weighted by Gasteiger charge is -2.24. The van der Waals surface area contributed by atoms with Crippen LogP contribution in [-0.2, 0) is 4.74 Å². The van der Waals surface area contributed by atoms with Gasteiger partial charge in [-0.05, 0) is 13.5 Å². The summed E-state index contributed by atoms with van der Waals surface area (Å²) in [5.41, 5.74) is 0. The molecule has 1 unspecified atom stereocenters. The quantitative estimate of drug-likeness (QED) is 0.713. The van der Waals surface area contributed by atoms with Gasteiger partial charge in [0.25, 0.3) is 0 Å². The first-order valence-electron chi connectivity index (χ1n) is 4.94. The number of hydrogen-bond acceptors (Lipinski definition) is 3. The van der Waals surface area contributed by atoms with Crippen LogP contribution in [-0.4, -0.2) is 55.1 Å². The van der Waals surface area contributed by atoms with Crippen LogP contribution >= 0.6 is 0 Å². The fourth-order valence-electron chi connectivity index (χ4n) is 1.16. The van der Waals surface area contributed by atoms with E-state index in [4.69, 9.17) is 4.74 Å². The van der Waals surface area contributed by atoms with Crippen LogP contribution in [0, 0.1) is 0 Å². The maximum absolute atomic E-state index is 12.0. The van der Waals surface area contributed by atoms with Crippen LogP contribution in [0.4, 0.5) is 13.2 Å². The summed E-state index contributed by atoms with van der Waals surface area (Å²) in [6.45, 7) is 3.15. The second-order valence-electron chi connectivity index (χ2n) is 3.26. The standard InChI is InChI=1S/C9H18F3NO2/c1-3-13(7-9(10,11)12)5-8(14)6-15-4-2/h8,14H,3-7H2,1-2H3. The topological polar surface area (TPSA) is 32.7 Å². The molecule has 0 aliphatic carbocycles. The predicted molar refractivity (Wildman–Crippen MR) is 50.7 cm³/mol. The zero-order chi connectivity index (χ0) is 11.9. The summed E-state index contributed by atoms with van der Waals surface area (Å²) >= 11 is 0. The SMILES string of the molecule is CCOCC(O)CN(CC)CC(F)(F)F.